The third kappa shape index (κ3) is 4.03. The lowest BCUT2D eigenvalue weighted by atomic mass is 9.75. The van der Waals surface area contributed by atoms with Crippen LogP contribution in [0.2, 0.25) is 0 Å². The molecule has 0 aliphatic rings. The maximum atomic E-state index is 13.3. The highest BCUT2D eigenvalue weighted by Crippen LogP contribution is 2.35. The van der Waals surface area contributed by atoms with Gasteiger partial charge in [0.2, 0.25) is 0 Å². The van der Waals surface area contributed by atoms with E-state index in [0.717, 1.165) is 22.9 Å². The van der Waals surface area contributed by atoms with Crippen molar-refractivity contribution in [2.24, 2.45) is 5.41 Å². The summed E-state index contributed by atoms with van der Waals surface area (Å²) in [7, 11) is 0. The molecule has 0 saturated heterocycles. The molecule has 106 valence electrons. The van der Waals surface area contributed by atoms with Crippen LogP contribution in [0.5, 0.6) is 0 Å². The molecule has 4 heteroatoms. The molecule has 19 heavy (non-hydrogen) atoms. The van der Waals surface area contributed by atoms with E-state index in [1.165, 1.54) is 12.1 Å². The topological polar surface area (TPSA) is 37.3 Å². The molecular formula is C15H20BrFO2. The largest absolute Gasteiger partial charge is 0.481 e. The van der Waals surface area contributed by atoms with Crippen LogP contribution in [0.4, 0.5) is 4.39 Å². The average Bonchev–Trinajstić information content (AvgIpc) is 2.38. The quantitative estimate of drug-likeness (QED) is 0.779. The SMILES string of the molecule is CCCCC(CC)(Cc1cc(F)ccc1Br)C(=O)O. The van der Waals surface area contributed by atoms with Gasteiger partial charge in [0.05, 0.1) is 5.41 Å². The molecular weight excluding hydrogens is 311 g/mol. The van der Waals surface area contributed by atoms with E-state index in [9.17, 15) is 14.3 Å². The molecule has 0 aliphatic carbocycles. The van der Waals surface area contributed by atoms with E-state index in [1.54, 1.807) is 6.07 Å². The van der Waals surface area contributed by atoms with Crippen LogP contribution < -0.4 is 0 Å². The van der Waals surface area contributed by atoms with Gasteiger partial charge in [0, 0.05) is 4.47 Å². The fraction of sp³-hybridized carbons (Fsp3) is 0.533. The number of hydrogen-bond donors (Lipinski definition) is 1. The number of carboxylic acid groups (broad SMARTS) is 1. The lowest BCUT2D eigenvalue weighted by molar-refractivity contribution is -0.149. The van der Waals surface area contributed by atoms with Crippen LogP contribution in [0.15, 0.2) is 22.7 Å². The summed E-state index contributed by atoms with van der Waals surface area (Å²) in [5, 5.41) is 9.56. The normalized spacial score (nSPS) is 14.1. The average molecular weight is 331 g/mol. The molecule has 0 amide bonds. The van der Waals surface area contributed by atoms with Crippen LogP contribution in [0.25, 0.3) is 0 Å². The molecule has 0 bridgehead atoms. The number of unbranched alkanes of at least 4 members (excludes halogenated alkanes) is 1. The van der Waals surface area contributed by atoms with Crippen LogP contribution in [0, 0.1) is 11.2 Å². The summed E-state index contributed by atoms with van der Waals surface area (Å²) in [6.45, 7) is 3.93. The summed E-state index contributed by atoms with van der Waals surface area (Å²) in [6, 6.07) is 4.42. The van der Waals surface area contributed by atoms with Gasteiger partial charge in [-0.1, -0.05) is 42.6 Å². The fourth-order valence-corrected chi connectivity index (χ4v) is 2.67. The summed E-state index contributed by atoms with van der Waals surface area (Å²) < 4.78 is 14.1. The molecule has 1 aromatic rings. The second kappa shape index (κ2) is 7.04. The highest BCUT2D eigenvalue weighted by atomic mass is 79.9. The molecule has 0 spiro atoms. The summed E-state index contributed by atoms with van der Waals surface area (Å²) >= 11 is 3.37. The van der Waals surface area contributed by atoms with Gasteiger partial charge in [0.25, 0.3) is 0 Å². The molecule has 0 fully saturated rings. The van der Waals surface area contributed by atoms with Crippen molar-refractivity contribution in [2.75, 3.05) is 0 Å². The minimum Gasteiger partial charge on any atom is -0.481 e. The van der Waals surface area contributed by atoms with Crippen molar-refractivity contribution in [3.63, 3.8) is 0 Å². The van der Waals surface area contributed by atoms with Crippen LogP contribution >= 0.6 is 15.9 Å². The first-order valence-corrected chi connectivity index (χ1v) is 7.42. The first-order valence-electron chi connectivity index (χ1n) is 6.62. The molecule has 0 radical (unpaired) electrons. The second-order valence-corrected chi connectivity index (χ2v) is 5.81. The van der Waals surface area contributed by atoms with Gasteiger partial charge >= 0.3 is 5.97 Å². The van der Waals surface area contributed by atoms with E-state index in [2.05, 4.69) is 15.9 Å². The Bertz CT molecular complexity index is 448. The van der Waals surface area contributed by atoms with Crippen LogP contribution in [-0.2, 0) is 11.2 Å². The van der Waals surface area contributed by atoms with Gasteiger partial charge in [-0.2, -0.15) is 0 Å². The van der Waals surface area contributed by atoms with E-state index < -0.39 is 11.4 Å². The maximum absolute atomic E-state index is 13.3. The Kier molecular flexibility index (Phi) is 5.98. The number of aliphatic carboxylic acids is 1. The minimum absolute atomic E-state index is 0.330. The molecule has 1 rings (SSSR count). The van der Waals surface area contributed by atoms with Gasteiger partial charge in [-0.05, 0) is 43.0 Å². The van der Waals surface area contributed by atoms with Crippen molar-refractivity contribution in [1.82, 2.24) is 0 Å². The van der Waals surface area contributed by atoms with Gasteiger partial charge < -0.3 is 5.11 Å². The Labute approximate surface area is 122 Å². The van der Waals surface area contributed by atoms with E-state index in [-0.39, 0.29) is 5.82 Å². The van der Waals surface area contributed by atoms with E-state index in [0.29, 0.717) is 19.3 Å². The zero-order chi connectivity index (χ0) is 14.5. The maximum Gasteiger partial charge on any atom is 0.309 e. The zero-order valence-corrected chi connectivity index (χ0v) is 13.0. The highest BCUT2D eigenvalue weighted by molar-refractivity contribution is 9.10. The lowest BCUT2D eigenvalue weighted by Gasteiger charge is -2.28. The molecule has 2 nitrogen and oxygen atoms in total. The van der Waals surface area contributed by atoms with Gasteiger partial charge in [-0.15, -0.1) is 0 Å². The number of rotatable bonds is 7. The molecule has 0 aromatic heterocycles. The zero-order valence-electron chi connectivity index (χ0n) is 11.4. The van der Waals surface area contributed by atoms with Crippen LogP contribution in [0.3, 0.4) is 0 Å². The third-order valence-corrected chi connectivity index (χ3v) is 4.45. The van der Waals surface area contributed by atoms with Crippen molar-refractivity contribution < 1.29 is 14.3 Å². The lowest BCUT2D eigenvalue weighted by Crippen LogP contribution is -2.33. The predicted molar refractivity (Wildman–Crippen MR) is 77.7 cm³/mol. The number of hydrogen-bond acceptors (Lipinski definition) is 1. The van der Waals surface area contributed by atoms with Crippen LogP contribution in [-0.4, -0.2) is 11.1 Å². The predicted octanol–water partition coefficient (Wildman–Crippen LogP) is 4.80. The van der Waals surface area contributed by atoms with Gasteiger partial charge in [-0.3, -0.25) is 4.79 Å². The van der Waals surface area contributed by atoms with Gasteiger partial charge in [0.1, 0.15) is 5.82 Å². The van der Waals surface area contributed by atoms with Gasteiger partial charge in [0.15, 0.2) is 0 Å². The number of benzene rings is 1. The first kappa shape index (κ1) is 16.2. The monoisotopic (exact) mass is 330 g/mol. The van der Waals surface area contributed by atoms with E-state index in [1.807, 2.05) is 13.8 Å². The smallest absolute Gasteiger partial charge is 0.309 e. The standard InChI is InChI=1S/C15H20BrFO2/c1-3-5-8-15(4-2,14(18)19)10-11-9-12(17)6-7-13(11)16/h6-7,9H,3-5,8,10H2,1-2H3,(H,18,19). The Morgan fingerprint density at radius 2 is 2.11 bits per heavy atom. The van der Waals surface area contributed by atoms with E-state index in [4.69, 9.17) is 0 Å². The molecule has 1 aromatic carbocycles. The van der Waals surface area contributed by atoms with Crippen molar-refractivity contribution >= 4 is 21.9 Å². The van der Waals surface area contributed by atoms with Crippen molar-refractivity contribution in [3.05, 3.63) is 34.1 Å². The molecule has 1 N–H and O–H groups in total. The van der Waals surface area contributed by atoms with E-state index >= 15 is 0 Å². The highest BCUT2D eigenvalue weighted by Gasteiger charge is 2.36. The number of carboxylic acids is 1. The summed E-state index contributed by atoms with van der Waals surface area (Å²) in [4.78, 5) is 11.6. The van der Waals surface area contributed by atoms with Crippen LogP contribution in [0.1, 0.15) is 45.1 Å². The first-order chi connectivity index (χ1) is 8.95. The third-order valence-electron chi connectivity index (χ3n) is 3.68. The Morgan fingerprint density at radius 1 is 1.42 bits per heavy atom. The minimum atomic E-state index is -0.799. The summed E-state index contributed by atoms with van der Waals surface area (Å²) in [5.41, 5.74) is -0.0767. The van der Waals surface area contributed by atoms with Crippen molar-refractivity contribution in [2.45, 2.75) is 46.0 Å². The molecule has 1 unspecified atom stereocenters. The molecule has 1 atom stereocenters. The molecule has 0 aliphatic heterocycles. The fourth-order valence-electron chi connectivity index (χ4n) is 2.28. The second-order valence-electron chi connectivity index (χ2n) is 4.96. The molecule has 0 heterocycles. The van der Waals surface area contributed by atoms with Gasteiger partial charge in [-0.25, -0.2) is 4.39 Å². The Morgan fingerprint density at radius 3 is 2.63 bits per heavy atom. The number of carbonyl (C=O) groups is 1. The Balaban J connectivity index is 3.05. The summed E-state index contributed by atoms with van der Waals surface area (Å²) in [6.07, 6.45) is 3.35. The van der Waals surface area contributed by atoms with Crippen molar-refractivity contribution in [3.8, 4) is 0 Å². The Hall–Kier alpha value is -0.900. The number of halogens is 2. The molecule has 0 saturated carbocycles. The van der Waals surface area contributed by atoms with Crippen molar-refractivity contribution in [1.29, 1.82) is 0 Å². The summed E-state index contributed by atoms with van der Waals surface area (Å²) in [5.74, 6) is -1.12.